The molecule has 2 rings (SSSR count). The van der Waals surface area contributed by atoms with E-state index in [2.05, 4.69) is 26.1 Å². The normalized spacial score (nSPS) is 34.8. The van der Waals surface area contributed by atoms with Crippen LogP contribution >= 0.6 is 0 Å². The van der Waals surface area contributed by atoms with Gasteiger partial charge in [0, 0.05) is 19.1 Å². The number of fused-ring (bicyclic) bond motifs is 2. The third-order valence-electron chi connectivity index (χ3n) is 6.59. The van der Waals surface area contributed by atoms with Gasteiger partial charge in [-0.3, -0.25) is 0 Å². The Morgan fingerprint density at radius 1 is 1.29 bits per heavy atom. The monoisotopic (exact) mass is 316 g/mol. The van der Waals surface area contributed by atoms with E-state index in [1.807, 2.05) is 6.92 Å². The van der Waals surface area contributed by atoms with Crippen molar-refractivity contribution in [1.82, 2.24) is 9.62 Å². The molecule has 2 aliphatic rings. The van der Waals surface area contributed by atoms with Gasteiger partial charge in [0.2, 0.25) is 10.0 Å². The smallest absolute Gasteiger partial charge is 0.211 e. The number of hydrogen-bond donors (Lipinski definition) is 1. The summed E-state index contributed by atoms with van der Waals surface area (Å²) in [5, 5.41) is 3.72. The van der Waals surface area contributed by atoms with Crippen molar-refractivity contribution in [1.29, 1.82) is 0 Å². The molecule has 2 saturated carbocycles. The summed E-state index contributed by atoms with van der Waals surface area (Å²) in [4.78, 5) is 0. The van der Waals surface area contributed by atoms with Crippen molar-refractivity contribution < 1.29 is 8.42 Å². The van der Waals surface area contributed by atoms with Crippen molar-refractivity contribution in [3.8, 4) is 0 Å². The lowest BCUT2D eigenvalue weighted by molar-refractivity contribution is 0.121. The Balaban J connectivity index is 1.81. The summed E-state index contributed by atoms with van der Waals surface area (Å²) >= 11 is 0. The number of hydrogen-bond acceptors (Lipinski definition) is 3. The molecular formula is C16H32N2O2S. The third-order valence-corrected chi connectivity index (χ3v) is 7.97. The first-order chi connectivity index (χ1) is 9.63. The predicted octanol–water partition coefficient (Wildman–Crippen LogP) is 2.46. The summed E-state index contributed by atoms with van der Waals surface area (Å²) in [7, 11) is -3.05. The second kappa shape index (κ2) is 5.82. The Bertz CT molecular complexity index is 475. The van der Waals surface area contributed by atoms with Gasteiger partial charge in [-0.05, 0) is 49.0 Å². The van der Waals surface area contributed by atoms with Crippen molar-refractivity contribution in [2.75, 3.05) is 25.9 Å². The van der Waals surface area contributed by atoms with E-state index in [1.54, 1.807) is 4.31 Å². The van der Waals surface area contributed by atoms with Crippen LogP contribution in [0.5, 0.6) is 0 Å². The molecule has 2 fully saturated rings. The number of rotatable bonds is 7. The maximum absolute atomic E-state index is 11.6. The van der Waals surface area contributed by atoms with Crippen LogP contribution in [-0.2, 0) is 10.0 Å². The van der Waals surface area contributed by atoms with Gasteiger partial charge >= 0.3 is 0 Å². The third kappa shape index (κ3) is 3.02. The van der Waals surface area contributed by atoms with Gasteiger partial charge in [-0.2, -0.15) is 0 Å². The Kier molecular flexibility index (Phi) is 4.77. The Morgan fingerprint density at radius 3 is 2.38 bits per heavy atom. The molecule has 0 amide bonds. The first-order valence-corrected chi connectivity index (χ1v) is 10.2. The Hall–Kier alpha value is -0.130. The molecule has 1 N–H and O–H groups in total. The van der Waals surface area contributed by atoms with E-state index >= 15 is 0 Å². The van der Waals surface area contributed by atoms with E-state index in [-0.39, 0.29) is 0 Å². The maximum atomic E-state index is 11.6. The molecule has 0 aromatic rings. The van der Waals surface area contributed by atoms with Crippen LogP contribution in [-0.4, -0.2) is 44.7 Å². The molecule has 4 nitrogen and oxygen atoms in total. The number of sulfonamides is 1. The highest BCUT2D eigenvalue weighted by atomic mass is 32.2. The lowest BCUT2D eigenvalue weighted by atomic mass is 9.69. The van der Waals surface area contributed by atoms with E-state index in [4.69, 9.17) is 0 Å². The highest BCUT2D eigenvalue weighted by molar-refractivity contribution is 7.88. The van der Waals surface area contributed by atoms with Gasteiger partial charge < -0.3 is 5.32 Å². The van der Waals surface area contributed by atoms with Gasteiger partial charge in [0.1, 0.15) is 0 Å². The summed E-state index contributed by atoms with van der Waals surface area (Å²) in [6, 6.07) is 0.597. The highest BCUT2D eigenvalue weighted by Crippen LogP contribution is 2.65. The fraction of sp³-hybridized carbons (Fsp3) is 1.00. The number of nitrogens with one attached hydrogen (secondary N) is 1. The van der Waals surface area contributed by atoms with Gasteiger partial charge in [-0.15, -0.1) is 0 Å². The zero-order valence-electron chi connectivity index (χ0n) is 14.3. The minimum absolute atomic E-state index is 0.402. The molecule has 21 heavy (non-hydrogen) atoms. The average molecular weight is 317 g/mol. The van der Waals surface area contributed by atoms with Crippen LogP contribution in [0.25, 0.3) is 0 Å². The summed E-state index contributed by atoms with van der Waals surface area (Å²) in [6.45, 7) is 11.3. The molecule has 5 heteroatoms. The van der Waals surface area contributed by atoms with E-state index in [1.165, 1.54) is 25.5 Å². The molecule has 0 saturated heterocycles. The van der Waals surface area contributed by atoms with Crippen LogP contribution in [0.4, 0.5) is 0 Å². The first-order valence-electron chi connectivity index (χ1n) is 8.31. The zero-order valence-corrected chi connectivity index (χ0v) is 15.1. The van der Waals surface area contributed by atoms with Crippen LogP contribution in [0.3, 0.4) is 0 Å². The standard InChI is InChI=1S/C16H32N2O2S/c1-6-18(21(5,19)20)11-7-10-17-14-12-13-8-9-16(14,4)15(13,2)3/h13-14,17H,6-12H2,1-5H3. The fourth-order valence-corrected chi connectivity index (χ4v) is 5.53. The van der Waals surface area contributed by atoms with Crippen molar-refractivity contribution >= 4 is 10.0 Å². The minimum atomic E-state index is -3.05. The van der Waals surface area contributed by atoms with E-state index in [0.717, 1.165) is 18.9 Å². The molecule has 3 atom stereocenters. The SMILES string of the molecule is CCN(CCCNC1CC2CCC1(C)C2(C)C)S(C)(=O)=O. The quantitative estimate of drug-likeness (QED) is 0.734. The first kappa shape index (κ1) is 17.2. The maximum Gasteiger partial charge on any atom is 0.211 e. The van der Waals surface area contributed by atoms with Gasteiger partial charge in [-0.1, -0.05) is 27.7 Å². The fourth-order valence-electron chi connectivity index (χ4n) is 4.60. The van der Waals surface area contributed by atoms with Crippen molar-refractivity contribution in [2.45, 2.75) is 59.4 Å². The molecular weight excluding hydrogens is 284 g/mol. The van der Waals surface area contributed by atoms with Crippen LogP contribution < -0.4 is 5.32 Å². The molecule has 0 heterocycles. The minimum Gasteiger partial charge on any atom is -0.313 e. The van der Waals surface area contributed by atoms with Gasteiger partial charge in [0.25, 0.3) is 0 Å². The molecule has 0 aromatic carbocycles. The van der Waals surface area contributed by atoms with Crippen LogP contribution in [0.1, 0.15) is 53.4 Å². The summed E-state index contributed by atoms with van der Waals surface area (Å²) in [6.07, 6.45) is 6.17. The lowest BCUT2D eigenvalue weighted by Crippen LogP contribution is -2.45. The predicted molar refractivity (Wildman–Crippen MR) is 87.7 cm³/mol. The lowest BCUT2D eigenvalue weighted by Gasteiger charge is -2.39. The van der Waals surface area contributed by atoms with Crippen LogP contribution in [0, 0.1) is 16.7 Å². The van der Waals surface area contributed by atoms with Crippen molar-refractivity contribution in [3.05, 3.63) is 0 Å². The Labute approximate surface area is 130 Å². The van der Waals surface area contributed by atoms with Crippen LogP contribution in [0.2, 0.25) is 0 Å². The average Bonchev–Trinajstić information content (AvgIpc) is 2.70. The molecule has 0 aromatic heterocycles. The summed E-state index contributed by atoms with van der Waals surface area (Å²) < 4.78 is 24.7. The summed E-state index contributed by atoms with van der Waals surface area (Å²) in [5.41, 5.74) is 0.839. The van der Waals surface area contributed by atoms with Crippen molar-refractivity contribution in [2.24, 2.45) is 16.7 Å². The second-order valence-electron chi connectivity index (χ2n) is 7.73. The molecule has 2 aliphatic carbocycles. The molecule has 0 aliphatic heterocycles. The molecule has 3 unspecified atom stereocenters. The van der Waals surface area contributed by atoms with E-state index in [9.17, 15) is 8.42 Å². The van der Waals surface area contributed by atoms with E-state index in [0.29, 0.717) is 30.0 Å². The van der Waals surface area contributed by atoms with Gasteiger partial charge in [-0.25, -0.2) is 12.7 Å². The topological polar surface area (TPSA) is 49.4 Å². The molecule has 124 valence electrons. The molecule has 0 radical (unpaired) electrons. The van der Waals surface area contributed by atoms with Gasteiger partial charge in [0.15, 0.2) is 0 Å². The second-order valence-corrected chi connectivity index (χ2v) is 9.71. The zero-order chi connectivity index (χ0) is 15.9. The molecule has 0 spiro atoms. The Morgan fingerprint density at radius 2 is 1.95 bits per heavy atom. The number of nitrogens with zero attached hydrogens (tertiary/aromatic N) is 1. The van der Waals surface area contributed by atoms with Crippen molar-refractivity contribution in [3.63, 3.8) is 0 Å². The van der Waals surface area contributed by atoms with E-state index < -0.39 is 10.0 Å². The highest BCUT2D eigenvalue weighted by Gasteiger charge is 2.60. The summed E-state index contributed by atoms with van der Waals surface area (Å²) in [5.74, 6) is 0.850. The molecule has 2 bridgehead atoms. The largest absolute Gasteiger partial charge is 0.313 e. The van der Waals surface area contributed by atoms with Crippen LogP contribution in [0.15, 0.2) is 0 Å². The van der Waals surface area contributed by atoms with Gasteiger partial charge in [0.05, 0.1) is 6.26 Å².